The van der Waals surface area contributed by atoms with Crippen LogP contribution in [0.15, 0.2) is 24.5 Å². The van der Waals surface area contributed by atoms with E-state index >= 15 is 0 Å². The normalized spacial score (nSPS) is 9.30. The van der Waals surface area contributed by atoms with E-state index in [-0.39, 0.29) is 5.78 Å². The highest BCUT2D eigenvalue weighted by Crippen LogP contribution is 1.98. The molecule has 10 heavy (non-hydrogen) atoms. The van der Waals surface area contributed by atoms with Gasteiger partial charge in [-0.15, -0.1) is 0 Å². The summed E-state index contributed by atoms with van der Waals surface area (Å²) < 4.78 is 0. The lowest BCUT2D eigenvalue weighted by atomic mass is 10.1. The molecule has 0 amide bonds. The molecule has 0 bridgehead atoms. The van der Waals surface area contributed by atoms with E-state index in [4.69, 9.17) is 0 Å². The lowest BCUT2D eigenvalue weighted by molar-refractivity contribution is -0.378. The highest BCUT2D eigenvalue weighted by Gasteiger charge is 2.00. The summed E-state index contributed by atoms with van der Waals surface area (Å²) in [6.45, 7) is 1.86. The van der Waals surface area contributed by atoms with Crippen LogP contribution in [-0.4, -0.2) is 5.78 Å². The fourth-order valence-electron chi connectivity index (χ4n) is 0.777. The van der Waals surface area contributed by atoms with E-state index in [1.54, 1.807) is 24.5 Å². The predicted octanol–water partition coefficient (Wildman–Crippen LogP) is 1.09. The van der Waals surface area contributed by atoms with E-state index in [0.717, 1.165) is 5.56 Å². The van der Waals surface area contributed by atoms with Crippen molar-refractivity contribution in [3.63, 3.8) is 0 Å². The van der Waals surface area contributed by atoms with Crippen molar-refractivity contribution >= 4 is 5.78 Å². The summed E-state index contributed by atoms with van der Waals surface area (Å²) >= 11 is 0. The molecule has 1 heterocycles. The molecule has 1 aromatic rings. The maximum absolute atomic E-state index is 11.0. The smallest absolute Gasteiger partial charge is 0.167 e. The van der Waals surface area contributed by atoms with Crippen molar-refractivity contribution in [3.8, 4) is 0 Å². The molecular weight excluding hydrogens is 126 g/mol. The van der Waals surface area contributed by atoms with Crippen molar-refractivity contribution < 1.29 is 9.78 Å². The van der Waals surface area contributed by atoms with Crippen LogP contribution in [0.1, 0.15) is 23.7 Å². The molecule has 0 saturated carbocycles. The predicted molar refractivity (Wildman–Crippen MR) is 37.6 cm³/mol. The van der Waals surface area contributed by atoms with E-state index < -0.39 is 0 Å². The second kappa shape index (κ2) is 3.11. The number of aromatic amines is 1. The number of pyridine rings is 1. The van der Waals surface area contributed by atoms with Gasteiger partial charge in [0.25, 0.3) is 0 Å². The summed E-state index contributed by atoms with van der Waals surface area (Å²) in [5, 5.41) is 0. The first kappa shape index (κ1) is 6.93. The van der Waals surface area contributed by atoms with E-state index in [9.17, 15) is 4.79 Å². The third kappa shape index (κ3) is 1.41. The highest BCUT2D eigenvalue weighted by atomic mass is 16.1. The Morgan fingerprint density at radius 1 is 1.50 bits per heavy atom. The van der Waals surface area contributed by atoms with Crippen molar-refractivity contribution in [3.05, 3.63) is 30.1 Å². The topological polar surface area (TPSA) is 31.2 Å². The Labute approximate surface area is 59.9 Å². The Hall–Kier alpha value is -1.18. The van der Waals surface area contributed by atoms with Crippen LogP contribution < -0.4 is 4.98 Å². The van der Waals surface area contributed by atoms with Crippen molar-refractivity contribution in [1.82, 2.24) is 0 Å². The van der Waals surface area contributed by atoms with Crippen LogP contribution in [0, 0.1) is 0 Å². The molecule has 0 aliphatic rings. The molecule has 0 aromatic carbocycles. The molecule has 52 valence electrons. The van der Waals surface area contributed by atoms with Gasteiger partial charge in [-0.2, -0.15) is 0 Å². The maximum atomic E-state index is 11.0. The molecule has 0 aliphatic heterocycles. The minimum absolute atomic E-state index is 0.189. The van der Waals surface area contributed by atoms with Gasteiger partial charge in [0.2, 0.25) is 0 Å². The maximum Gasteiger partial charge on any atom is 0.167 e. The van der Waals surface area contributed by atoms with E-state index in [1.807, 2.05) is 6.92 Å². The molecule has 1 N–H and O–H groups in total. The minimum atomic E-state index is 0.189. The zero-order valence-electron chi connectivity index (χ0n) is 5.92. The van der Waals surface area contributed by atoms with Crippen LogP contribution in [0.2, 0.25) is 0 Å². The van der Waals surface area contributed by atoms with Crippen molar-refractivity contribution in [2.45, 2.75) is 13.3 Å². The summed E-state index contributed by atoms with van der Waals surface area (Å²) in [5.41, 5.74) is 0.779. The summed E-state index contributed by atoms with van der Waals surface area (Å²) in [7, 11) is 0. The monoisotopic (exact) mass is 136 g/mol. The van der Waals surface area contributed by atoms with Gasteiger partial charge in [0.15, 0.2) is 18.2 Å². The molecule has 2 nitrogen and oxygen atoms in total. The molecule has 0 fully saturated rings. The fourth-order valence-corrected chi connectivity index (χ4v) is 0.777. The SMILES string of the molecule is CCC(=O)c1cc[nH+]cc1. The number of aromatic nitrogens is 1. The average molecular weight is 136 g/mol. The number of rotatable bonds is 2. The molecular formula is C8H10NO+. The van der Waals surface area contributed by atoms with Crippen LogP contribution in [0.3, 0.4) is 0 Å². The number of H-pyrrole nitrogens is 1. The second-order valence-electron chi connectivity index (χ2n) is 2.07. The van der Waals surface area contributed by atoms with E-state index in [1.165, 1.54) is 0 Å². The molecule has 1 aromatic heterocycles. The Kier molecular flexibility index (Phi) is 2.15. The molecule has 0 aliphatic carbocycles. The van der Waals surface area contributed by atoms with E-state index in [0.29, 0.717) is 6.42 Å². The minimum Gasteiger partial charge on any atom is -0.294 e. The Balaban J connectivity index is 2.85. The second-order valence-corrected chi connectivity index (χ2v) is 2.07. The van der Waals surface area contributed by atoms with Crippen molar-refractivity contribution in [1.29, 1.82) is 0 Å². The van der Waals surface area contributed by atoms with Crippen LogP contribution in [-0.2, 0) is 0 Å². The van der Waals surface area contributed by atoms with Gasteiger partial charge in [-0.05, 0) is 0 Å². The fraction of sp³-hybridized carbons (Fsp3) is 0.250. The number of nitrogens with one attached hydrogen (secondary N) is 1. The summed E-state index contributed by atoms with van der Waals surface area (Å²) in [5.74, 6) is 0.189. The lowest BCUT2D eigenvalue weighted by Gasteiger charge is -1.90. The zero-order chi connectivity index (χ0) is 7.40. The first-order valence-corrected chi connectivity index (χ1v) is 3.34. The zero-order valence-corrected chi connectivity index (χ0v) is 5.92. The molecule has 1 rings (SSSR count). The number of Topliss-reactive ketones (excluding diaryl/α,β-unsaturated/α-hetero) is 1. The number of hydrogen-bond acceptors (Lipinski definition) is 1. The number of carbonyl (C=O) groups is 1. The molecule has 0 unspecified atom stereocenters. The molecule has 0 spiro atoms. The number of hydrogen-bond donors (Lipinski definition) is 0. The quantitative estimate of drug-likeness (QED) is 0.560. The van der Waals surface area contributed by atoms with Gasteiger partial charge in [0.05, 0.1) is 0 Å². The summed E-state index contributed by atoms with van der Waals surface area (Å²) in [6, 6.07) is 3.57. The average Bonchev–Trinajstić information content (AvgIpc) is 2.05. The van der Waals surface area contributed by atoms with E-state index in [2.05, 4.69) is 4.98 Å². The van der Waals surface area contributed by atoms with Gasteiger partial charge in [-0.1, -0.05) is 6.92 Å². The Morgan fingerprint density at radius 2 is 2.10 bits per heavy atom. The largest absolute Gasteiger partial charge is 0.294 e. The van der Waals surface area contributed by atoms with Crippen LogP contribution >= 0.6 is 0 Å². The summed E-state index contributed by atoms with van der Waals surface area (Å²) in [6.07, 6.45) is 4.08. The number of carbonyl (C=O) groups excluding carboxylic acids is 1. The lowest BCUT2D eigenvalue weighted by Crippen LogP contribution is -2.02. The van der Waals surface area contributed by atoms with Crippen LogP contribution in [0.4, 0.5) is 0 Å². The highest BCUT2D eigenvalue weighted by molar-refractivity contribution is 5.95. The molecule has 0 atom stereocenters. The number of ketones is 1. The Morgan fingerprint density at radius 3 is 2.60 bits per heavy atom. The van der Waals surface area contributed by atoms with Gasteiger partial charge in [0, 0.05) is 24.1 Å². The first-order valence-electron chi connectivity index (χ1n) is 3.34. The third-order valence-corrected chi connectivity index (χ3v) is 1.36. The standard InChI is InChI=1S/C8H9NO/c1-2-8(10)7-3-5-9-6-4-7/h3-6H,2H2,1H3/p+1. The van der Waals surface area contributed by atoms with Crippen LogP contribution in [0.5, 0.6) is 0 Å². The van der Waals surface area contributed by atoms with Gasteiger partial charge in [-0.3, -0.25) is 4.79 Å². The van der Waals surface area contributed by atoms with Crippen molar-refractivity contribution in [2.75, 3.05) is 0 Å². The molecule has 2 heteroatoms. The molecule has 0 saturated heterocycles. The van der Waals surface area contributed by atoms with Gasteiger partial charge in [0.1, 0.15) is 0 Å². The van der Waals surface area contributed by atoms with Crippen LogP contribution in [0.25, 0.3) is 0 Å². The van der Waals surface area contributed by atoms with Gasteiger partial charge in [-0.25, -0.2) is 4.98 Å². The Bertz CT molecular complexity index is 218. The van der Waals surface area contributed by atoms with Gasteiger partial charge < -0.3 is 0 Å². The van der Waals surface area contributed by atoms with Gasteiger partial charge >= 0.3 is 0 Å². The summed E-state index contributed by atoms with van der Waals surface area (Å²) in [4.78, 5) is 13.9. The molecule has 0 radical (unpaired) electrons. The van der Waals surface area contributed by atoms with Crippen molar-refractivity contribution in [2.24, 2.45) is 0 Å². The first-order chi connectivity index (χ1) is 4.84. The third-order valence-electron chi connectivity index (χ3n) is 1.36.